The van der Waals surface area contributed by atoms with Gasteiger partial charge in [0.25, 0.3) is 0 Å². The summed E-state index contributed by atoms with van der Waals surface area (Å²) in [6.45, 7) is 0.466. The number of carbonyl (C=O) groups excluding carboxylic acids is 6. The second-order valence-electron chi connectivity index (χ2n) is 14.3. The number of hydrogen-bond donors (Lipinski definition) is 4. The van der Waals surface area contributed by atoms with Crippen molar-refractivity contribution in [2.75, 3.05) is 6.54 Å². The fraction of sp³-hybridized carbons (Fsp3) is 0.366. The van der Waals surface area contributed by atoms with Gasteiger partial charge in [-0.05, 0) is 60.8 Å². The van der Waals surface area contributed by atoms with E-state index >= 15 is 0 Å². The number of ketones is 1. The van der Waals surface area contributed by atoms with Crippen LogP contribution in [0.1, 0.15) is 48.8 Å². The van der Waals surface area contributed by atoms with Gasteiger partial charge in [0.15, 0.2) is 5.78 Å². The minimum atomic E-state index is -1.18. The van der Waals surface area contributed by atoms with Gasteiger partial charge in [-0.2, -0.15) is 0 Å². The maximum absolute atomic E-state index is 14.3. The second kappa shape index (κ2) is 16.0. The lowest BCUT2D eigenvalue weighted by atomic mass is 9.73. The number of amides is 4. The number of piperazine rings is 1. The topological polar surface area (TPSA) is 159 Å². The zero-order valence-electron chi connectivity index (χ0n) is 29.4. The van der Waals surface area contributed by atoms with E-state index in [0.29, 0.717) is 24.0 Å². The van der Waals surface area contributed by atoms with Crippen molar-refractivity contribution in [3.05, 3.63) is 108 Å². The summed E-state index contributed by atoms with van der Waals surface area (Å²) in [6.07, 6.45) is 5.69. The summed E-state index contributed by atoms with van der Waals surface area (Å²) in [5.41, 5.74) is 3.14. The SMILES string of the molecule is O=Cn1cc(C[C@@H](NC(=O)C[C@@H]2NC(=O)[C@@H]3C4CCC(CC4)N3C2=O)C(=O)N[C@@H](Cc2ccccc2)C(=O)CNCc2ccccc2)c2ccccc21. The lowest BCUT2D eigenvalue weighted by Crippen LogP contribution is -2.71. The fourth-order valence-electron chi connectivity index (χ4n) is 8.26. The number of hydrogen-bond acceptors (Lipinski definition) is 7. The van der Waals surface area contributed by atoms with Crippen LogP contribution in [0.25, 0.3) is 10.9 Å². The van der Waals surface area contributed by atoms with Crippen LogP contribution in [0.5, 0.6) is 0 Å². The first-order valence-corrected chi connectivity index (χ1v) is 18.4. The molecule has 4 amide bonds. The van der Waals surface area contributed by atoms with E-state index in [0.717, 1.165) is 42.2 Å². The molecule has 0 unspecified atom stereocenters. The smallest absolute Gasteiger partial charge is 0.246 e. The summed E-state index contributed by atoms with van der Waals surface area (Å²) in [4.78, 5) is 82.2. The highest BCUT2D eigenvalue weighted by Crippen LogP contribution is 2.41. The quantitative estimate of drug-likeness (QED) is 0.138. The maximum Gasteiger partial charge on any atom is 0.246 e. The number of piperidine rings is 2. The molecule has 4 atom stereocenters. The molecule has 0 radical (unpaired) electrons. The summed E-state index contributed by atoms with van der Waals surface area (Å²) in [7, 11) is 0. The first-order valence-electron chi connectivity index (χ1n) is 18.4. The molecule has 3 saturated heterocycles. The van der Waals surface area contributed by atoms with Crippen LogP contribution >= 0.6 is 0 Å². The number of Topliss-reactive ketones (excluding diaryl/α,β-unsaturated/α-hetero) is 1. The average Bonchev–Trinajstić information content (AvgIpc) is 3.54. The molecule has 1 aromatic heterocycles. The zero-order valence-corrected chi connectivity index (χ0v) is 29.4. The van der Waals surface area contributed by atoms with Crippen LogP contribution in [0.3, 0.4) is 0 Å². The summed E-state index contributed by atoms with van der Waals surface area (Å²) < 4.78 is 1.42. The first-order chi connectivity index (χ1) is 25.8. The summed E-state index contributed by atoms with van der Waals surface area (Å²) >= 11 is 0. The van der Waals surface area contributed by atoms with E-state index in [1.165, 1.54) is 4.57 Å². The molecule has 12 nitrogen and oxygen atoms in total. The second-order valence-corrected chi connectivity index (χ2v) is 14.3. The van der Waals surface area contributed by atoms with Gasteiger partial charge in [0, 0.05) is 30.6 Å². The van der Waals surface area contributed by atoms with Crippen LogP contribution in [0.15, 0.2) is 91.1 Å². The highest BCUT2D eigenvalue weighted by molar-refractivity contribution is 6.01. The minimum absolute atomic E-state index is 0.000354. The van der Waals surface area contributed by atoms with Gasteiger partial charge in [-0.3, -0.25) is 33.3 Å². The van der Waals surface area contributed by atoms with Crippen molar-refractivity contribution in [3.63, 3.8) is 0 Å². The number of aromatic nitrogens is 1. The molecule has 3 aromatic carbocycles. The Morgan fingerprint density at radius 3 is 2.21 bits per heavy atom. The van der Waals surface area contributed by atoms with E-state index in [4.69, 9.17) is 0 Å². The predicted molar refractivity (Wildman–Crippen MR) is 198 cm³/mol. The van der Waals surface area contributed by atoms with Gasteiger partial charge in [-0.25, -0.2) is 0 Å². The Kier molecular flexibility index (Phi) is 10.8. The Morgan fingerprint density at radius 2 is 1.49 bits per heavy atom. The Bertz CT molecular complexity index is 1990. The molecule has 0 spiro atoms. The van der Waals surface area contributed by atoms with Crippen molar-refractivity contribution in [1.29, 1.82) is 0 Å². The van der Waals surface area contributed by atoms with Crippen molar-refractivity contribution >= 4 is 46.7 Å². The standard InChI is InChI=1S/C41H44N6O6/c48-25-46-24-29(31-13-7-8-14-35(31)46)20-33(43-37(50)21-34-41(53)47-30-17-15-28(16-18-30)38(47)40(52)45-34)39(51)44-32(19-26-9-3-1-4-10-26)36(49)23-42-22-27-11-5-2-6-12-27/h1-14,24-25,28,30,32-34,38,42H,15-23H2,(H,43,50)(H,44,51)(H,45,52)/t28?,30?,32-,33+,34-,38-/m0/s1. The van der Waals surface area contributed by atoms with Crippen molar-refractivity contribution in [3.8, 4) is 0 Å². The first kappa shape index (κ1) is 35.8. The fourth-order valence-corrected chi connectivity index (χ4v) is 8.26. The molecule has 53 heavy (non-hydrogen) atoms. The highest BCUT2D eigenvalue weighted by atomic mass is 16.2. The van der Waals surface area contributed by atoms with Gasteiger partial charge < -0.3 is 26.2 Å². The number of fused-ring (bicyclic) bond motifs is 3. The molecule has 4 aromatic rings. The Balaban J connectivity index is 1.10. The lowest BCUT2D eigenvalue weighted by molar-refractivity contribution is -0.163. The normalized spacial score (nSPS) is 21.7. The Hall–Kier alpha value is -5.62. The molecule has 2 bridgehead atoms. The third kappa shape index (κ3) is 7.92. The molecule has 8 rings (SSSR count). The van der Waals surface area contributed by atoms with Gasteiger partial charge in [0.1, 0.15) is 18.1 Å². The van der Waals surface area contributed by atoms with Crippen LogP contribution < -0.4 is 21.3 Å². The van der Waals surface area contributed by atoms with Crippen molar-refractivity contribution in [2.24, 2.45) is 5.92 Å². The zero-order chi connectivity index (χ0) is 36.9. The van der Waals surface area contributed by atoms with E-state index in [1.807, 2.05) is 72.8 Å². The summed E-state index contributed by atoms with van der Waals surface area (Å²) in [5, 5.41) is 12.4. The Morgan fingerprint density at radius 1 is 0.811 bits per heavy atom. The van der Waals surface area contributed by atoms with Crippen LogP contribution in [0, 0.1) is 5.92 Å². The van der Waals surface area contributed by atoms with Crippen molar-refractivity contribution in [2.45, 2.75) is 81.7 Å². The van der Waals surface area contributed by atoms with Crippen molar-refractivity contribution in [1.82, 2.24) is 30.7 Å². The van der Waals surface area contributed by atoms with Crippen LogP contribution in [-0.2, 0) is 48.2 Å². The van der Waals surface area contributed by atoms with E-state index < -0.39 is 36.0 Å². The maximum atomic E-state index is 14.3. The molecule has 12 heteroatoms. The van der Waals surface area contributed by atoms with Gasteiger partial charge >= 0.3 is 0 Å². The number of benzene rings is 3. The number of nitrogens with one attached hydrogen (secondary N) is 4. The van der Waals surface area contributed by atoms with Crippen LogP contribution in [-0.4, -0.2) is 82.0 Å². The van der Waals surface area contributed by atoms with Crippen LogP contribution in [0.4, 0.5) is 0 Å². The molecule has 4 fully saturated rings. The van der Waals surface area contributed by atoms with Gasteiger partial charge in [-0.15, -0.1) is 0 Å². The molecular formula is C41H44N6O6. The summed E-state index contributed by atoms with van der Waals surface area (Å²) in [5.74, 6) is -1.81. The number of para-hydroxylation sites is 1. The largest absolute Gasteiger partial charge is 0.344 e. The molecule has 4 N–H and O–H groups in total. The molecular weight excluding hydrogens is 672 g/mol. The molecule has 1 aliphatic carbocycles. The third-order valence-electron chi connectivity index (χ3n) is 10.9. The lowest BCUT2D eigenvalue weighted by Gasteiger charge is -2.53. The van der Waals surface area contributed by atoms with Gasteiger partial charge in [-0.1, -0.05) is 78.9 Å². The predicted octanol–water partition coefficient (Wildman–Crippen LogP) is 2.45. The molecule has 3 aliphatic heterocycles. The number of carbonyl (C=O) groups is 6. The van der Waals surface area contributed by atoms with Crippen molar-refractivity contribution < 1.29 is 28.8 Å². The van der Waals surface area contributed by atoms with E-state index in [9.17, 15) is 28.8 Å². The molecule has 4 heterocycles. The number of nitrogens with zero attached hydrogens (tertiary/aromatic N) is 2. The minimum Gasteiger partial charge on any atom is -0.344 e. The molecule has 1 saturated carbocycles. The highest BCUT2D eigenvalue weighted by Gasteiger charge is 2.52. The third-order valence-corrected chi connectivity index (χ3v) is 10.9. The Labute approximate surface area is 307 Å². The van der Waals surface area contributed by atoms with Gasteiger partial charge in [0.2, 0.25) is 30.0 Å². The van der Waals surface area contributed by atoms with Gasteiger partial charge in [0.05, 0.1) is 24.5 Å². The monoisotopic (exact) mass is 716 g/mol. The number of rotatable bonds is 15. The van der Waals surface area contributed by atoms with Crippen LogP contribution in [0.2, 0.25) is 0 Å². The average molecular weight is 717 g/mol. The molecule has 4 aliphatic rings. The van der Waals surface area contributed by atoms with E-state index in [-0.39, 0.29) is 55.4 Å². The summed E-state index contributed by atoms with van der Waals surface area (Å²) in [6, 6.07) is 22.6. The van der Waals surface area contributed by atoms with E-state index in [1.54, 1.807) is 23.2 Å². The van der Waals surface area contributed by atoms with E-state index in [2.05, 4.69) is 21.3 Å². The molecule has 274 valence electrons.